The molecule has 1 aromatic carbocycles. The van der Waals surface area contributed by atoms with Crippen molar-refractivity contribution in [2.75, 3.05) is 11.4 Å². The number of carbonyl (C=O) groups excluding carboxylic acids is 1. The summed E-state index contributed by atoms with van der Waals surface area (Å²) in [7, 11) is 0. The fourth-order valence-corrected chi connectivity index (χ4v) is 3.47. The van der Waals surface area contributed by atoms with E-state index in [0.29, 0.717) is 35.1 Å². The molecule has 0 N–H and O–H groups in total. The lowest BCUT2D eigenvalue weighted by Gasteiger charge is -2.17. The third-order valence-electron chi connectivity index (χ3n) is 4.23. The lowest BCUT2D eigenvalue weighted by atomic mass is 10.1. The third-order valence-corrected chi connectivity index (χ3v) is 4.66. The molecule has 25 heavy (non-hydrogen) atoms. The first kappa shape index (κ1) is 16.1. The van der Waals surface area contributed by atoms with Crippen LogP contribution in [0.25, 0.3) is 11.7 Å². The van der Waals surface area contributed by atoms with Gasteiger partial charge in [-0.2, -0.15) is 4.98 Å². The summed E-state index contributed by atoms with van der Waals surface area (Å²) in [5.41, 5.74) is 3.19. The number of rotatable bonds is 3. The summed E-state index contributed by atoms with van der Waals surface area (Å²) < 4.78 is 11.3. The van der Waals surface area contributed by atoms with Crippen molar-refractivity contribution in [2.24, 2.45) is 0 Å². The highest BCUT2D eigenvalue weighted by molar-refractivity contribution is 9.10. The molecule has 4 rings (SSSR count). The highest BCUT2D eigenvalue weighted by atomic mass is 79.9. The number of anilines is 1. The second-order valence-electron chi connectivity index (χ2n) is 6.31. The van der Waals surface area contributed by atoms with Crippen LogP contribution in [0.4, 0.5) is 5.69 Å². The molecular weight excluding hydrogens is 386 g/mol. The van der Waals surface area contributed by atoms with Crippen molar-refractivity contribution in [3.8, 4) is 11.7 Å². The molecule has 6 nitrogen and oxygen atoms in total. The van der Waals surface area contributed by atoms with Gasteiger partial charge in [0.1, 0.15) is 0 Å². The smallest absolute Gasteiger partial charge is 0.293 e. The van der Waals surface area contributed by atoms with Crippen LogP contribution in [-0.2, 0) is 4.79 Å². The lowest BCUT2D eigenvalue weighted by Crippen LogP contribution is -2.24. The van der Waals surface area contributed by atoms with Crippen LogP contribution in [0, 0.1) is 13.8 Å². The fourth-order valence-electron chi connectivity index (χ4n) is 3.17. The van der Waals surface area contributed by atoms with Crippen LogP contribution in [0.3, 0.4) is 0 Å². The number of halogens is 1. The molecule has 128 valence electrons. The van der Waals surface area contributed by atoms with Gasteiger partial charge in [-0.15, -0.1) is 0 Å². The Kier molecular flexibility index (Phi) is 3.95. The number of furan rings is 1. The van der Waals surface area contributed by atoms with Crippen molar-refractivity contribution in [3.63, 3.8) is 0 Å². The minimum Gasteiger partial charge on any atom is -0.444 e. The van der Waals surface area contributed by atoms with E-state index in [1.54, 1.807) is 17.0 Å². The molecule has 0 aliphatic carbocycles. The van der Waals surface area contributed by atoms with E-state index < -0.39 is 0 Å². The topological polar surface area (TPSA) is 72.4 Å². The normalized spacial score (nSPS) is 17.5. The maximum absolute atomic E-state index is 12.5. The van der Waals surface area contributed by atoms with Crippen LogP contribution in [0.2, 0.25) is 0 Å². The van der Waals surface area contributed by atoms with E-state index in [4.69, 9.17) is 8.94 Å². The minimum atomic E-state index is -0.0933. The molecular formula is C18H16BrN3O3. The zero-order valence-electron chi connectivity index (χ0n) is 13.8. The summed E-state index contributed by atoms with van der Waals surface area (Å²) in [6.45, 7) is 4.60. The van der Waals surface area contributed by atoms with Crippen LogP contribution >= 0.6 is 15.9 Å². The Labute approximate surface area is 152 Å². The number of nitrogens with zero attached hydrogens (tertiary/aromatic N) is 3. The molecule has 0 saturated carbocycles. The van der Waals surface area contributed by atoms with E-state index in [1.807, 2.05) is 26.0 Å². The molecule has 7 heteroatoms. The number of aryl methyl sites for hydroxylation is 2. The van der Waals surface area contributed by atoms with Gasteiger partial charge in [0, 0.05) is 24.6 Å². The Morgan fingerprint density at radius 2 is 1.96 bits per heavy atom. The molecule has 3 heterocycles. The summed E-state index contributed by atoms with van der Waals surface area (Å²) in [4.78, 5) is 18.7. The first-order chi connectivity index (χ1) is 12.0. The average Bonchev–Trinajstić information content (AvgIpc) is 3.25. The number of aromatic nitrogens is 2. The summed E-state index contributed by atoms with van der Waals surface area (Å²) in [5.74, 6) is 1.33. The zero-order valence-corrected chi connectivity index (χ0v) is 15.4. The molecule has 1 atom stereocenters. The van der Waals surface area contributed by atoms with Crippen molar-refractivity contribution in [2.45, 2.75) is 26.2 Å². The van der Waals surface area contributed by atoms with Crippen LogP contribution in [0.15, 0.2) is 43.9 Å². The number of hydrogen-bond donors (Lipinski definition) is 0. The molecule has 1 saturated heterocycles. The quantitative estimate of drug-likeness (QED) is 0.656. The monoisotopic (exact) mass is 401 g/mol. The van der Waals surface area contributed by atoms with E-state index in [9.17, 15) is 4.79 Å². The summed E-state index contributed by atoms with van der Waals surface area (Å²) in [5, 5.41) is 4.04. The fraction of sp³-hybridized carbons (Fsp3) is 0.278. The molecule has 3 aromatic rings. The van der Waals surface area contributed by atoms with E-state index in [-0.39, 0.29) is 11.8 Å². The van der Waals surface area contributed by atoms with Gasteiger partial charge < -0.3 is 13.8 Å². The Morgan fingerprint density at radius 3 is 2.64 bits per heavy atom. The highest BCUT2D eigenvalue weighted by Crippen LogP contribution is 2.32. The number of amides is 1. The molecule has 1 fully saturated rings. The SMILES string of the molecule is Cc1cc(C)cc(N2CC(c3noc(-c4ccc(Br)o4)n3)CC2=O)c1. The lowest BCUT2D eigenvalue weighted by molar-refractivity contribution is -0.117. The summed E-state index contributed by atoms with van der Waals surface area (Å²) in [6, 6.07) is 9.65. The molecule has 1 amide bonds. The standard InChI is InChI=1S/C18H16BrN3O3/c1-10-5-11(2)7-13(6-10)22-9-12(8-16(22)23)17-20-18(25-21-17)14-3-4-15(19)24-14/h3-7,12H,8-9H2,1-2H3. The van der Waals surface area contributed by atoms with Gasteiger partial charge in [0.15, 0.2) is 16.3 Å². The van der Waals surface area contributed by atoms with E-state index >= 15 is 0 Å². The van der Waals surface area contributed by atoms with Crippen molar-refractivity contribution in [1.82, 2.24) is 10.1 Å². The molecule has 0 spiro atoms. The maximum Gasteiger partial charge on any atom is 0.293 e. The Balaban J connectivity index is 1.57. The highest BCUT2D eigenvalue weighted by Gasteiger charge is 2.35. The molecule has 1 aliphatic rings. The summed E-state index contributed by atoms with van der Waals surface area (Å²) >= 11 is 3.25. The predicted octanol–water partition coefficient (Wildman–Crippen LogP) is 4.23. The number of benzene rings is 1. The minimum absolute atomic E-state index is 0.0714. The maximum atomic E-state index is 12.5. The first-order valence-electron chi connectivity index (χ1n) is 7.97. The van der Waals surface area contributed by atoms with Crippen molar-refractivity contribution in [1.29, 1.82) is 0 Å². The van der Waals surface area contributed by atoms with Gasteiger partial charge >= 0.3 is 0 Å². The van der Waals surface area contributed by atoms with Gasteiger partial charge in [-0.25, -0.2) is 0 Å². The Bertz CT molecular complexity index is 926. The average molecular weight is 402 g/mol. The Morgan fingerprint density at radius 1 is 1.20 bits per heavy atom. The van der Waals surface area contributed by atoms with Gasteiger partial charge in [0.05, 0.1) is 0 Å². The molecule has 0 radical (unpaired) electrons. The van der Waals surface area contributed by atoms with Crippen LogP contribution in [-0.4, -0.2) is 22.6 Å². The number of hydrogen-bond acceptors (Lipinski definition) is 5. The Hall–Kier alpha value is -2.41. The van der Waals surface area contributed by atoms with Crippen LogP contribution in [0.5, 0.6) is 0 Å². The van der Waals surface area contributed by atoms with Gasteiger partial charge in [-0.3, -0.25) is 4.79 Å². The van der Waals surface area contributed by atoms with Crippen LogP contribution < -0.4 is 4.90 Å². The summed E-state index contributed by atoms with van der Waals surface area (Å²) in [6.07, 6.45) is 0.369. The second-order valence-corrected chi connectivity index (χ2v) is 7.09. The molecule has 2 aromatic heterocycles. The zero-order chi connectivity index (χ0) is 17.6. The largest absolute Gasteiger partial charge is 0.444 e. The molecule has 0 bridgehead atoms. The first-order valence-corrected chi connectivity index (χ1v) is 8.77. The predicted molar refractivity (Wildman–Crippen MR) is 95.3 cm³/mol. The van der Waals surface area contributed by atoms with Gasteiger partial charge in [-0.05, 0) is 65.2 Å². The molecule has 1 aliphatic heterocycles. The molecule has 1 unspecified atom stereocenters. The third kappa shape index (κ3) is 3.11. The van der Waals surface area contributed by atoms with Crippen LogP contribution in [0.1, 0.15) is 29.3 Å². The van der Waals surface area contributed by atoms with E-state index in [1.165, 1.54) is 0 Å². The van der Waals surface area contributed by atoms with Crippen molar-refractivity contribution < 1.29 is 13.7 Å². The van der Waals surface area contributed by atoms with Gasteiger partial charge in [0.2, 0.25) is 5.91 Å². The van der Waals surface area contributed by atoms with Crippen molar-refractivity contribution in [3.05, 3.63) is 52.0 Å². The van der Waals surface area contributed by atoms with Gasteiger partial charge in [0.25, 0.3) is 5.89 Å². The second kappa shape index (κ2) is 6.15. The van der Waals surface area contributed by atoms with E-state index in [2.05, 4.69) is 32.1 Å². The number of carbonyl (C=O) groups is 1. The van der Waals surface area contributed by atoms with Crippen molar-refractivity contribution >= 4 is 27.5 Å². The van der Waals surface area contributed by atoms with Gasteiger partial charge in [-0.1, -0.05) is 11.2 Å². The van der Waals surface area contributed by atoms with E-state index in [0.717, 1.165) is 16.8 Å².